The van der Waals surface area contributed by atoms with Gasteiger partial charge in [0.05, 0.1) is 13.2 Å². The van der Waals surface area contributed by atoms with E-state index in [1.54, 1.807) is 29.9 Å². The maximum Gasteiger partial charge on any atom is 0.254 e. The largest absolute Gasteiger partial charge is 0.383 e. The summed E-state index contributed by atoms with van der Waals surface area (Å²) in [5.74, 6) is -0.528. The number of aromatic nitrogens is 1. The number of H-pyrrole nitrogens is 1. The van der Waals surface area contributed by atoms with Crippen LogP contribution in [0.25, 0.3) is 10.9 Å². The number of hydrogen-bond acceptors (Lipinski definition) is 4. The number of nitrogens with zero attached hydrogens (tertiary/aromatic N) is 3. The zero-order valence-electron chi connectivity index (χ0n) is 16.1. The Morgan fingerprint density at radius 1 is 1.21 bits per heavy atom. The molecule has 8 nitrogen and oxygen atoms in total. The highest BCUT2D eigenvalue weighted by atomic mass is 16.5. The second-order valence-electron chi connectivity index (χ2n) is 7.28. The number of carbonyl (C=O) groups is 3. The van der Waals surface area contributed by atoms with Gasteiger partial charge in [-0.1, -0.05) is 0 Å². The van der Waals surface area contributed by atoms with Crippen molar-refractivity contribution in [3.05, 3.63) is 36.0 Å². The van der Waals surface area contributed by atoms with Crippen molar-refractivity contribution in [3.8, 4) is 0 Å². The first-order valence-electron chi connectivity index (χ1n) is 9.47. The molecule has 4 rings (SSSR count). The summed E-state index contributed by atoms with van der Waals surface area (Å²) in [7, 11) is 1.59. The highest BCUT2D eigenvalue weighted by molar-refractivity contribution is 6.02. The summed E-state index contributed by atoms with van der Waals surface area (Å²) in [5.41, 5.74) is 1.46. The average Bonchev–Trinajstić information content (AvgIpc) is 3.17. The fraction of sp³-hybridized carbons (Fsp3) is 0.450. The molecule has 0 spiro atoms. The first-order valence-corrected chi connectivity index (χ1v) is 9.47. The molecule has 2 atom stereocenters. The molecule has 0 unspecified atom stereocenters. The van der Waals surface area contributed by atoms with Gasteiger partial charge in [0.2, 0.25) is 11.8 Å². The molecule has 0 aliphatic carbocycles. The number of amides is 3. The Balaban J connectivity index is 1.58. The van der Waals surface area contributed by atoms with Crippen molar-refractivity contribution >= 4 is 28.6 Å². The number of methoxy groups -OCH3 is 1. The van der Waals surface area contributed by atoms with Crippen molar-refractivity contribution in [2.24, 2.45) is 0 Å². The minimum atomic E-state index is -0.630. The van der Waals surface area contributed by atoms with Crippen LogP contribution in [0.3, 0.4) is 0 Å². The number of aromatic amines is 1. The van der Waals surface area contributed by atoms with E-state index in [1.807, 2.05) is 24.4 Å². The molecule has 2 saturated heterocycles. The van der Waals surface area contributed by atoms with E-state index in [0.717, 1.165) is 10.9 Å². The molecule has 0 saturated carbocycles. The lowest BCUT2D eigenvalue weighted by Gasteiger charge is -2.48. The zero-order valence-corrected chi connectivity index (χ0v) is 16.1. The van der Waals surface area contributed by atoms with Crippen LogP contribution in [-0.4, -0.2) is 89.4 Å². The minimum Gasteiger partial charge on any atom is -0.383 e. The van der Waals surface area contributed by atoms with E-state index in [2.05, 4.69) is 4.98 Å². The maximum atomic E-state index is 13.2. The lowest BCUT2D eigenvalue weighted by atomic mass is 10.0. The number of carbonyl (C=O) groups excluding carboxylic acids is 3. The van der Waals surface area contributed by atoms with Gasteiger partial charge in [0.15, 0.2) is 0 Å². The van der Waals surface area contributed by atoms with Gasteiger partial charge < -0.3 is 24.4 Å². The van der Waals surface area contributed by atoms with Crippen LogP contribution in [0.5, 0.6) is 0 Å². The number of piperazine rings is 2. The van der Waals surface area contributed by atoms with Crippen molar-refractivity contribution in [3.63, 3.8) is 0 Å². The number of fused-ring (bicyclic) bond motifs is 2. The Morgan fingerprint density at radius 2 is 2.04 bits per heavy atom. The molecule has 1 aromatic heterocycles. The topological polar surface area (TPSA) is 85.9 Å². The van der Waals surface area contributed by atoms with Crippen LogP contribution in [0.1, 0.15) is 17.3 Å². The number of nitrogens with one attached hydrogen (secondary N) is 1. The Kier molecular flexibility index (Phi) is 4.80. The van der Waals surface area contributed by atoms with Gasteiger partial charge in [-0.25, -0.2) is 0 Å². The molecule has 0 radical (unpaired) electrons. The lowest BCUT2D eigenvalue weighted by molar-refractivity contribution is -0.160. The first kappa shape index (κ1) is 18.5. The molecule has 28 heavy (non-hydrogen) atoms. The number of benzene rings is 1. The third-order valence-corrected chi connectivity index (χ3v) is 5.69. The van der Waals surface area contributed by atoms with Gasteiger partial charge in [-0.05, 0) is 31.2 Å². The van der Waals surface area contributed by atoms with Crippen molar-refractivity contribution in [2.45, 2.75) is 19.0 Å². The van der Waals surface area contributed by atoms with E-state index < -0.39 is 12.1 Å². The van der Waals surface area contributed by atoms with Crippen LogP contribution >= 0.6 is 0 Å². The van der Waals surface area contributed by atoms with E-state index in [1.165, 1.54) is 4.90 Å². The third-order valence-electron chi connectivity index (χ3n) is 5.69. The molecule has 2 aliphatic rings. The molecule has 2 fully saturated rings. The van der Waals surface area contributed by atoms with Crippen LogP contribution in [0.4, 0.5) is 0 Å². The van der Waals surface area contributed by atoms with Gasteiger partial charge in [-0.3, -0.25) is 14.4 Å². The molecule has 148 valence electrons. The van der Waals surface area contributed by atoms with Crippen LogP contribution in [-0.2, 0) is 14.3 Å². The van der Waals surface area contributed by atoms with Gasteiger partial charge in [0.1, 0.15) is 12.1 Å². The molecule has 2 aromatic rings. The zero-order chi connectivity index (χ0) is 19.8. The minimum absolute atomic E-state index is 0.123. The average molecular weight is 384 g/mol. The molecule has 8 heteroatoms. The van der Waals surface area contributed by atoms with Gasteiger partial charge in [-0.15, -0.1) is 0 Å². The summed E-state index contributed by atoms with van der Waals surface area (Å²) < 4.78 is 5.07. The quantitative estimate of drug-likeness (QED) is 0.841. The normalized spacial score (nSPS) is 22.7. The van der Waals surface area contributed by atoms with Gasteiger partial charge in [0, 0.05) is 49.4 Å². The van der Waals surface area contributed by atoms with E-state index in [-0.39, 0.29) is 24.3 Å². The molecule has 3 heterocycles. The number of ether oxygens (including phenoxy) is 1. The van der Waals surface area contributed by atoms with Crippen LogP contribution < -0.4 is 0 Å². The summed E-state index contributed by atoms with van der Waals surface area (Å²) >= 11 is 0. The van der Waals surface area contributed by atoms with Gasteiger partial charge in [0.25, 0.3) is 5.91 Å². The van der Waals surface area contributed by atoms with Crippen molar-refractivity contribution in [2.75, 3.05) is 39.9 Å². The Bertz CT molecular complexity index is 924. The highest BCUT2D eigenvalue weighted by Gasteiger charge is 2.46. The number of hydrogen-bond donors (Lipinski definition) is 1. The lowest BCUT2D eigenvalue weighted by Crippen LogP contribution is -2.69. The monoisotopic (exact) mass is 384 g/mol. The van der Waals surface area contributed by atoms with Gasteiger partial charge in [-0.2, -0.15) is 0 Å². The van der Waals surface area contributed by atoms with Crippen LogP contribution in [0, 0.1) is 0 Å². The van der Waals surface area contributed by atoms with E-state index in [9.17, 15) is 14.4 Å². The Labute approximate surface area is 163 Å². The van der Waals surface area contributed by atoms with Crippen molar-refractivity contribution < 1.29 is 19.1 Å². The first-order chi connectivity index (χ1) is 13.5. The maximum absolute atomic E-state index is 13.2. The summed E-state index contributed by atoms with van der Waals surface area (Å²) in [5, 5.41) is 0.933. The summed E-state index contributed by atoms with van der Waals surface area (Å²) in [4.78, 5) is 46.9. The van der Waals surface area contributed by atoms with Crippen LogP contribution in [0.2, 0.25) is 0 Å². The van der Waals surface area contributed by atoms with E-state index >= 15 is 0 Å². The predicted octanol–water partition coefficient (Wildman–Crippen LogP) is 0.698. The molecular formula is C20H24N4O4. The van der Waals surface area contributed by atoms with E-state index in [0.29, 0.717) is 31.8 Å². The van der Waals surface area contributed by atoms with Crippen molar-refractivity contribution in [1.29, 1.82) is 0 Å². The molecule has 0 bridgehead atoms. The fourth-order valence-corrected chi connectivity index (χ4v) is 4.03. The molecular weight excluding hydrogens is 360 g/mol. The fourth-order valence-electron chi connectivity index (χ4n) is 4.03. The summed E-state index contributed by atoms with van der Waals surface area (Å²) in [6.07, 6.45) is 1.82. The standard InChI is InChI=1S/C20H24N4O4/c1-13-18(25)23-8-7-22(9-10-28-2)20(27)17(23)12-24(13)19(26)15-3-4-16-14(11-15)5-6-21-16/h3-6,11,13,17,21H,7-10,12H2,1-2H3/t13-,17-/m0/s1. The second-order valence-corrected chi connectivity index (χ2v) is 7.28. The Hall–Kier alpha value is -2.87. The molecule has 1 N–H and O–H groups in total. The Morgan fingerprint density at radius 3 is 2.82 bits per heavy atom. The molecule has 2 aliphatic heterocycles. The van der Waals surface area contributed by atoms with Crippen LogP contribution in [0.15, 0.2) is 30.5 Å². The number of rotatable bonds is 4. The third kappa shape index (κ3) is 3.03. The van der Waals surface area contributed by atoms with Crippen molar-refractivity contribution in [1.82, 2.24) is 19.7 Å². The summed E-state index contributed by atoms with van der Waals surface area (Å²) in [6.45, 7) is 3.85. The predicted molar refractivity (Wildman–Crippen MR) is 103 cm³/mol. The molecule has 3 amide bonds. The van der Waals surface area contributed by atoms with E-state index in [4.69, 9.17) is 4.74 Å². The van der Waals surface area contributed by atoms with Gasteiger partial charge >= 0.3 is 0 Å². The highest BCUT2D eigenvalue weighted by Crippen LogP contribution is 2.24. The summed E-state index contributed by atoms with van der Waals surface area (Å²) in [6, 6.07) is 6.09. The molecule has 1 aromatic carbocycles. The SMILES string of the molecule is COCCN1CCN2C(=O)[C@H](C)N(C(=O)c3ccc4[nH]ccc4c3)C[C@H]2C1=O. The second kappa shape index (κ2) is 7.27. The smallest absolute Gasteiger partial charge is 0.254 e.